The van der Waals surface area contributed by atoms with Crippen LogP contribution in [0.2, 0.25) is 0 Å². The average molecular weight is 336 g/mol. The predicted molar refractivity (Wildman–Crippen MR) is 90.1 cm³/mol. The van der Waals surface area contributed by atoms with Crippen LogP contribution in [0.5, 0.6) is 0 Å². The highest BCUT2D eigenvalue weighted by molar-refractivity contribution is 8.13. The Balaban J connectivity index is 0.00000127. The van der Waals surface area contributed by atoms with E-state index in [2.05, 4.69) is 15.0 Å². The lowest BCUT2D eigenvalue weighted by Crippen LogP contribution is -2.35. The van der Waals surface area contributed by atoms with E-state index in [0.717, 1.165) is 7.11 Å². The highest BCUT2D eigenvalue weighted by Gasteiger charge is 2.10. The number of pyridine rings is 1. The fraction of sp³-hybridized carbons (Fsp3) is 0.400. The first-order valence-corrected chi connectivity index (χ1v) is 8.03. The largest absolute Gasteiger partial charge is 0.400 e. The van der Waals surface area contributed by atoms with Gasteiger partial charge in [0.2, 0.25) is 12.5 Å². The van der Waals surface area contributed by atoms with Crippen molar-refractivity contribution in [3.8, 4) is 0 Å². The molecule has 2 rings (SSSR count). The second-order valence-corrected chi connectivity index (χ2v) is 5.77. The van der Waals surface area contributed by atoms with Crippen LogP contribution < -0.4 is 9.47 Å². The Morgan fingerprint density at radius 2 is 1.91 bits per heavy atom. The minimum atomic E-state index is 0.132. The van der Waals surface area contributed by atoms with Crippen LogP contribution in [0.1, 0.15) is 5.82 Å². The molecule has 0 saturated carbocycles. The molecule has 2 aromatic heterocycles. The van der Waals surface area contributed by atoms with Gasteiger partial charge < -0.3 is 10.0 Å². The zero-order valence-electron chi connectivity index (χ0n) is 13.6. The predicted octanol–water partition coefficient (Wildman–Crippen LogP) is 0.336. The summed E-state index contributed by atoms with van der Waals surface area (Å²) < 4.78 is 1.86. The Kier molecular flexibility index (Phi) is 8.78. The SMILES string of the molecule is CN(C)c1ncnc(CCSC(=O)C[n+]2ccccc2)n1.CO. The number of rotatable bonds is 6. The van der Waals surface area contributed by atoms with Crippen LogP contribution in [-0.2, 0) is 17.8 Å². The van der Waals surface area contributed by atoms with Crippen LogP contribution in [0, 0.1) is 0 Å². The molecule has 8 heteroatoms. The second-order valence-electron chi connectivity index (χ2n) is 4.61. The molecule has 0 amide bonds. The molecular formula is C15H22N5O2S+. The summed E-state index contributed by atoms with van der Waals surface area (Å²) in [4.78, 5) is 26.2. The van der Waals surface area contributed by atoms with E-state index in [1.807, 2.05) is 54.2 Å². The Morgan fingerprint density at radius 3 is 2.57 bits per heavy atom. The first-order valence-electron chi connectivity index (χ1n) is 7.05. The van der Waals surface area contributed by atoms with Gasteiger partial charge in [0.25, 0.3) is 5.12 Å². The molecule has 0 aliphatic carbocycles. The molecule has 0 aromatic carbocycles. The molecule has 124 valence electrons. The number of anilines is 1. The van der Waals surface area contributed by atoms with Crippen molar-refractivity contribution < 1.29 is 14.5 Å². The third-order valence-corrected chi connectivity index (χ3v) is 3.55. The van der Waals surface area contributed by atoms with Crippen molar-refractivity contribution in [3.63, 3.8) is 0 Å². The number of hydrogen-bond acceptors (Lipinski definition) is 7. The zero-order valence-corrected chi connectivity index (χ0v) is 14.4. The van der Waals surface area contributed by atoms with E-state index in [0.29, 0.717) is 30.5 Å². The van der Waals surface area contributed by atoms with Crippen molar-refractivity contribution in [2.24, 2.45) is 0 Å². The minimum Gasteiger partial charge on any atom is -0.400 e. The molecule has 23 heavy (non-hydrogen) atoms. The fourth-order valence-corrected chi connectivity index (χ4v) is 2.40. The van der Waals surface area contributed by atoms with Crippen LogP contribution in [0.3, 0.4) is 0 Å². The van der Waals surface area contributed by atoms with Crippen LogP contribution in [0.15, 0.2) is 36.9 Å². The maximum Gasteiger partial charge on any atom is 0.253 e. The van der Waals surface area contributed by atoms with Gasteiger partial charge in [-0.05, 0) is 0 Å². The second kappa shape index (κ2) is 10.6. The first kappa shape index (κ1) is 19.0. The number of aliphatic hydroxyl groups excluding tert-OH is 1. The third-order valence-electron chi connectivity index (χ3n) is 2.69. The molecule has 0 aliphatic heterocycles. The summed E-state index contributed by atoms with van der Waals surface area (Å²) in [5.41, 5.74) is 0. The molecule has 0 fully saturated rings. The van der Waals surface area contributed by atoms with Gasteiger partial charge in [-0.15, -0.1) is 0 Å². The Morgan fingerprint density at radius 1 is 1.22 bits per heavy atom. The van der Waals surface area contributed by atoms with Gasteiger partial charge in [-0.3, -0.25) is 4.79 Å². The van der Waals surface area contributed by atoms with E-state index in [1.165, 1.54) is 18.1 Å². The molecule has 2 aromatic rings. The fourth-order valence-electron chi connectivity index (χ4n) is 1.65. The minimum absolute atomic E-state index is 0.132. The van der Waals surface area contributed by atoms with Crippen molar-refractivity contribution in [3.05, 3.63) is 42.7 Å². The molecule has 0 bridgehead atoms. The lowest BCUT2D eigenvalue weighted by molar-refractivity contribution is -0.683. The third kappa shape index (κ3) is 7.16. The number of thioether (sulfide) groups is 1. The van der Waals surface area contributed by atoms with Gasteiger partial charge in [-0.1, -0.05) is 17.8 Å². The van der Waals surface area contributed by atoms with Crippen LogP contribution >= 0.6 is 11.8 Å². The van der Waals surface area contributed by atoms with Gasteiger partial charge in [0.15, 0.2) is 12.4 Å². The maximum atomic E-state index is 11.9. The Labute approximate surface area is 140 Å². The van der Waals surface area contributed by atoms with Gasteiger partial charge in [0.05, 0.1) is 0 Å². The summed E-state index contributed by atoms with van der Waals surface area (Å²) >= 11 is 1.31. The maximum absolute atomic E-state index is 11.9. The summed E-state index contributed by atoms with van der Waals surface area (Å²) in [6.07, 6.45) is 5.92. The van der Waals surface area contributed by atoms with Crippen molar-refractivity contribution in [2.45, 2.75) is 13.0 Å². The molecule has 0 radical (unpaired) electrons. The summed E-state index contributed by atoms with van der Waals surface area (Å²) in [6, 6.07) is 5.74. The molecule has 7 nitrogen and oxygen atoms in total. The molecule has 0 aliphatic rings. The lowest BCUT2D eigenvalue weighted by atomic mass is 10.4. The van der Waals surface area contributed by atoms with Gasteiger partial charge >= 0.3 is 0 Å². The number of hydrogen-bond donors (Lipinski definition) is 1. The number of aryl methyl sites for hydroxylation is 1. The molecule has 0 atom stereocenters. The molecule has 0 spiro atoms. The first-order chi connectivity index (χ1) is 11.1. The van der Waals surface area contributed by atoms with E-state index in [4.69, 9.17) is 5.11 Å². The normalized spacial score (nSPS) is 9.74. The summed E-state index contributed by atoms with van der Waals surface area (Å²) in [5.74, 6) is 2.01. The number of nitrogens with zero attached hydrogens (tertiary/aromatic N) is 5. The van der Waals surface area contributed by atoms with E-state index >= 15 is 0 Å². The van der Waals surface area contributed by atoms with Crippen molar-refractivity contribution in [1.82, 2.24) is 15.0 Å². The van der Waals surface area contributed by atoms with Gasteiger partial charge in [0, 0.05) is 45.5 Å². The summed E-state index contributed by atoms with van der Waals surface area (Å²) in [5, 5.41) is 7.13. The standard InChI is InChI=1S/C14H18N5OS.CH4O/c1-18(2)14-16-11-15-12(17-14)6-9-21-13(20)10-19-7-4-3-5-8-19;1-2/h3-5,7-8,11H,6,9-10H2,1-2H3;2H,1H3/q+1;. The topological polar surface area (TPSA) is 83.1 Å². The van der Waals surface area contributed by atoms with E-state index in [-0.39, 0.29) is 5.12 Å². The van der Waals surface area contributed by atoms with E-state index in [1.54, 1.807) is 0 Å². The molecule has 1 N–H and O–H groups in total. The van der Waals surface area contributed by atoms with Crippen molar-refractivity contribution in [1.29, 1.82) is 0 Å². The summed E-state index contributed by atoms with van der Waals surface area (Å²) in [7, 11) is 4.77. The van der Waals surface area contributed by atoms with Crippen LogP contribution in [0.4, 0.5) is 5.95 Å². The number of carbonyl (C=O) groups is 1. The Bertz CT molecular complexity index is 595. The van der Waals surface area contributed by atoms with E-state index < -0.39 is 0 Å². The Hall–Kier alpha value is -2.06. The molecule has 2 heterocycles. The van der Waals surface area contributed by atoms with Gasteiger partial charge in [-0.2, -0.15) is 9.55 Å². The lowest BCUT2D eigenvalue weighted by Gasteiger charge is -2.09. The number of aliphatic hydroxyl groups is 1. The highest BCUT2D eigenvalue weighted by Crippen LogP contribution is 2.07. The number of aromatic nitrogens is 4. The van der Waals surface area contributed by atoms with E-state index in [9.17, 15) is 4.79 Å². The molecular weight excluding hydrogens is 314 g/mol. The highest BCUT2D eigenvalue weighted by atomic mass is 32.2. The monoisotopic (exact) mass is 336 g/mol. The van der Waals surface area contributed by atoms with Crippen molar-refractivity contribution >= 4 is 22.8 Å². The van der Waals surface area contributed by atoms with Gasteiger partial charge in [-0.25, -0.2) is 9.97 Å². The average Bonchev–Trinajstić information content (AvgIpc) is 2.58. The molecule has 0 saturated heterocycles. The zero-order chi connectivity index (χ0) is 17.1. The van der Waals surface area contributed by atoms with Crippen molar-refractivity contribution in [2.75, 3.05) is 31.9 Å². The van der Waals surface area contributed by atoms with Gasteiger partial charge in [0.1, 0.15) is 12.2 Å². The molecule has 0 unspecified atom stereocenters. The summed E-state index contributed by atoms with van der Waals surface area (Å²) in [6.45, 7) is 0.381. The van der Waals surface area contributed by atoms with Crippen LogP contribution in [-0.4, -0.2) is 52.1 Å². The van der Waals surface area contributed by atoms with Crippen LogP contribution in [0.25, 0.3) is 0 Å². The number of carbonyl (C=O) groups excluding carboxylic acids is 1. The quantitative estimate of drug-likeness (QED) is 0.761. The smallest absolute Gasteiger partial charge is 0.253 e.